The molecule has 4 N–H and O–H groups in total. The summed E-state index contributed by atoms with van der Waals surface area (Å²) in [6.07, 6.45) is 3.71. The second kappa shape index (κ2) is 13.7. The number of aliphatic hydroxyl groups is 2. The standard InChI is InChI=1S/C39H44O9/c1-44-14-6-11-33-35(37(43)31-20-34(45-2)29-18-25(41)12-13-28(29)39(31)48-33)32-21-46-38-23(15-22-7-5-8-24(40)16-22)17-27(19-30(38)36(32)42)47-26-9-3-4-10-26/h5,7-8,12-13,16-20,26,32-33,35-37,40-43H,3-4,6,9-11,14-15,21H2,1-2H3. The number of ether oxygens (including phenoxy) is 5. The predicted octanol–water partition coefficient (Wildman–Crippen LogP) is 6.75. The molecule has 5 unspecified atom stereocenters. The van der Waals surface area contributed by atoms with Crippen LogP contribution in [0.3, 0.4) is 0 Å². The Hall–Kier alpha value is -4.18. The normalized spacial score (nSPS) is 23.6. The van der Waals surface area contributed by atoms with Crippen LogP contribution in [0.1, 0.15) is 73.0 Å². The molecule has 7 rings (SSSR count). The molecule has 5 atom stereocenters. The summed E-state index contributed by atoms with van der Waals surface area (Å²) in [5.74, 6) is 1.60. The highest BCUT2D eigenvalue weighted by atomic mass is 16.5. The fourth-order valence-corrected chi connectivity index (χ4v) is 7.91. The quantitative estimate of drug-likeness (QED) is 0.137. The van der Waals surface area contributed by atoms with Crippen molar-refractivity contribution in [2.75, 3.05) is 27.4 Å². The largest absolute Gasteiger partial charge is 0.508 e. The molecule has 1 aliphatic carbocycles. The van der Waals surface area contributed by atoms with Crippen LogP contribution >= 0.6 is 0 Å². The van der Waals surface area contributed by atoms with Crippen molar-refractivity contribution in [3.8, 4) is 34.5 Å². The Morgan fingerprint density at radius 2 is 1.62 bits per heavy atom. The van der Waals surface area contributed by atoms with Crippen molar-refractivity contribution in [3.63, 3.8) is 0 Å². The van der Waals surface area contributed by atoms with Gasteiger partial charge in [-0.2, -0.15) is 0 Å². The Kier molecular flexibility index (Phi) is 9.27. The van der Waals surface area contributed by atoms with Gasteiger partial charge in [-0.25, -0.2) is 0 Å². The molecule has 4 aromatic rings. The van der Waals surface area contributed by atoms with E-state index in [1.807, 2.05) is 24.3 Å². The molecule has 3 aliphatic rings. The minimum Gasteiger partial charge on any atom is -0.508 e. The van der Waals surface area contributed by atoms with Crippen LogP contribution in [0.4, 0.5) is 0 Å². The smallest absolute Gasteiger partial charge is 0.133 e. The van der Waals surface area contributed by atoms with E-state index in [1.54, 1.807) is 50.6 Å². The van der Waals surface area contributed by atoms with Crippen molar-refractivity contribution in [1.82, 2.24) is 0 Å². The van der Waals surface area contributed by atoms with E-state index >= 15 is 0 Å². The molecule has 0 radical (unpaired) electrons. The first-order chi connectivity index (χ1) is 23.3. The number of aromatic hydroxyl groups is 2. The fourth-order valence-electron chi connectivity index (χ4n) is 7.91. The Labute approximate surface area is 280 Å². The van der Waals surface area contributed by atoms with Crippen molar-refractivity contribution >= 4 is 10.8 Å². The van der Waals surface area contributed by atoms with Gasteiger partial charge in [-0.05, 0) is 92.6 Å². The SMILES string of the molecule is COCCCC1Oc2c(cc(OC)c3cc(O)ccc23)C(O)C1C1COc2c(Cc3cccc(O)c3)cc(OC3CCCC3)cc2C1O. The molecule has 0 spiro atoms. The minimum atomic E-state index is -0.997. The van der Waals surface area contributed by atoms with Gasteiger partial charge in [-0.15, -0.1) is 0 Å². The van der Waals surface area contributed by atoms with Gasteiger partial charge in [-0.3, -0.25) is 0 Å². The molecular formula is C39H44O9. The number of hydrogen-bond acceptors (Lipinski definition) is 9. The van der Waals surface area contributed by atoms with Gasteiger partial charge in [0.25, 0.3) is 0 Å². The van der Waals surface area contributed by atoms with Crippen LogP contribution < -0.4 is 18.9 Å². The van der Waals surface area contributed by atoms with E-state index in [2.05, 4.69) is 0 Å². The van der Waals surface area contributed by atoms with Gasteiger partial charge in [0.15, 0.2) is 0 Å². The maximum absolute atomic E-state index is 12.2. The van der Waals surface area contributed by atoms with Crippen LogP contribution in [0, 0.1) is 11.8 Å². The van der Waals surface area contributed by atoms with E-state index in [9.17, 15) is 20.4 Å². The topological polar surface area (TPSA) is 127 Å². The molecule has 9 nitrogen and oxygen atoms in total. The van der Waals surface area contributed by atoms with Crippen molar-refractivity contribution in [1.29, 1.82) is 0 Å². The summed E-state index contributed by atoms with van der Waals surface area (Å²) in [4.78, 5) is 0. The summed E-state index contributed by atoms with van der Waals surface area (Å²) in [5.41, 5.74) is 2.97. The van der Waals surface area contributed by atoms with E-state index in [4.69, 9.17) is 23.7 Å². The van der Waals surface area contributed by atoms with Crippen LogP contribution in [-0.2, 0) is 11.2 Å². The van der Waals surface area contributed by atoms with E-state index in [1.165, 1.54) is 0 Å². The fraction of sp³-hybridized carbons (Fsp3) is 0.436. The average molecular weight is 657 g/mol. The molecule has 2 aliphatic heterocycles. The molecule has 2 heterocycles. The monoisotopic (exact) mass is 656 g/mol. The van der Waals surface area contributed by atoms with E-state index in [0.717, 1.165) is 42.2 Å². The molecule has 4 aromatic carbocycles. The zero-order valence-corrected chi connectivity index (χ0v) is 27.4. The molecule has 48 heavy (non-hydrogen) atoms. The first kappa shape index (κ1) is 32.4. The van der Waals surface area contributed by atoms with Crippen molar-refractivity contribution in [2.24, 2.45) is 11.8 Å². The number of fused-ring (bicyclic) bond motifs is 4. The predicted molar refractivity (Wildman–Crippen MR) is 180 cm³/mol. The molecule has 0 bridgehead atoms. The highest BCUT2D eigenvalue weighted by Gasteiger charge is 2.48. The molecule has 1 saturated carbocycles. The Morgan fingerprint density at radius 1 is 0.833 bits per heavy atom. The van der Waals surface area contributed by atoms with Gasteiger partial charge < -0.3 is 44.1 Å². The van der Waals surface area contributed by atoms with Gasteiger partial charge in [0.1, 0.15) is 40.6 Å². The molecule has 254 valence electrons. The van der Waals surface area contributed by atoms with Crippen molar-refractivity contribution in [3.05, 3.63) is 82.9 Å². The summed E-state index contributed by atoms with van der Waals surface area (Å²) in [6.45, 7) is 0.698. The molecular weight excluding hydrogens is 612 g/mol. The molecule has 0 aromatic heterocycles. The number of hydrogen-bond donors (Lipinski definition) is 4. The number of methoxy groups -OCH3 is 2. The van der Waals surface area contributed by atoms with Crippen molar-refractivity contribution in [2.45, 2.75) is 69.4 Å². The number of aliphatic hydroxyl groups excluding tert-OH is 2. The number of benzene rings is 4. The summed E-state index contributed by atoms with van der Waals surface area (Å²) in [5, 5.41) is 46.2. The van der Waals surface area contributed by atoms with Crippen LogP contribution in [-0.4, -0.2) is 60.1 Å². The summed E-state index contributed by atoms with van der Waals surface area (Å²) >= 11 is 0. The lowest BCUT2D eigenvalue weighted by Gasteiger charge is -2.45. The van der Waals surface area contributed by atoms with Crippen LogP contribution in [0.15, 0.2) is 60.7 Å². The second-order valence-corrected chi connectivity index (χ2v) is 13.3. The number of phenols is 2. The molecule has 0 amide bonds. The molecule has 0 saturated heterocycles. The van der Waals surface area contributed by atoms with Gasteiger partial charge >= 0.3 is 0 Å². The lowest BCUT2D eigenvalue weighted by molar-refractivity contribution is -0.0884. The second-order valence-electron chi connectivity index (χ2n) is 13.3. The lowest BCUT2D eigenvalue weighted by Crippen LogP contribution is -2.46. The summed E-state index contributed by atoms with van der Waals surface area (Å²) in [7, 11) is 3.21. The third-order valence-electron chi connectivity index (χ3n) is 10.2. The zero-order valence-electron chi connectivity index (χ0n) is 27.4. The Bertz CT molecular complexity index is 1760. The van der Waals surface area contributed by atoms with E-state index < -0.39 is 30.1 Å². The van der Waals surface area contributed by atoms with Crippen LogP contribution in [0.5, 0.6) is 34.5 Å². The average Bonchev–Trinajstić information content (AvgIpc) is 3.59. The highest BCUT2D eigenvalue weighted by Crippen LogP contribution is 2.53. The Morgan fingerprint density at radius 3 is 2.40 bits per heavy atom. The van der Waals surface area contributed by atoms with Crippen molar-refractivity contribution < 1.29 is 44.1 Å². The third kappa shape index (κ3) is 6.22. The maximum atomic E-state index is 12.2. The minimum absolute atomic E-state index is 0.104. The van der Waals surface area contributed by atoms with Crippen LogP contribution in [0.25, 0.3) is 10.8 Å². The van der Waals surface area contributed by atoms with Gasteiger partial charge in [0, 0.05) is 59.4 Å². The van der Waals surface area contributed by atoms with Gasteiger partial charge in [-0.1, -0.05) is 12.1 Å². The highest BCUT2D eigenvalue weighted by molar-refractivity contribution is 5.95. The van der Waals surface area contributed by atoms with E-state index in [-0.39, 0.29) is 24.2 Å². The zero-order chi connectivity index (χ0) is 33.4. The third-order valence-corrected chi connectivity index (χ3v) is 10.2. The summed E-state index contributed by atoms with van der Waals surface area (Å²) < 4.78 is 30.8. The molecule has 9 heteroatoms. The number of phenolic OH excluding ortho intramolecular Hbond substituents is 2. The van der Waals surface area contributed by atoms with Gasteiger partial charge in [0.05, 0.1) is 32.0 Å². The van der Waals surface area contributed by atoms with E-state index in [0.29, 0.717) is 65.4 Å². The first-order valence-corrected chi connectivity index (χ1v) is 16.9. The first-order valence-electron chi connectivity index (χ1n) is 16.9. The van der Waals surface area contributed by atoms with Crippen LogP contribution in [0.2, 0.25) is 0 Å². The number of rotatable bonds is 10. The lowest BCUT2D eigenvalue weighted by atomic mass is 9.72. The summed E-state index contributed by atoms with van der Waals surface area (Å²) in [6, 6.07) is 17.8. The Balaban J connectivity index is 1.28. The maximum Gasteiger partial charge on any atom is 0.133 e. The molecule has 1 fully saturated rings. The van der Waals surface area contributed by atoms with Gasteiger partial charge in [0.2, 0.25) is 0 Å².